The Labute approximate surface area is 145 Å². The average Bonchev–Trinajstić information content (AvgIpc) is 3.08. The van der Waals surface area contributed by atoms with Gasteiger partial charge in [0.1, 0.15) is 5.69 Å². The number of esters is 1. The highest BCUT2D eigenvalue weighted by molar-refractivity contribution is 5.87. The third-order valence-electron chi connectivity index (χ3n) is 4.49. The molecule has 2 saturated heterocycles. The first-order valence-corrected chi connectivity index (χ1v) is 8.10. The fourth-order valence-electron chi connectivity index (χ4n) is 3.16. The summed E-state index contributed by atoms with van der Waals surface area (Å²) < 4.78 is 15.9. The number of nitro groups is 1. The summed E-state index contributed by atoms with van der Waals surface area (Å²) in [5.74, 6) is -1.03. The molecule has 2 fully saturated rings. The number of nitro benzene ring substituents is 1. The van der Waals surface area contributed by atoms with Crippen LogP contribution in [-0.2, 0) is 19.0 Å². The zero-order chi connectivity index (χ0) is 17.9. The molecule has 0 radical (unpaired) electrons. The number of rotatable bonds is 4. The molecule has 1 spiro atoms. The summed E-state index contributed by atoms with van der Waals surface area (Å²) in [4.78, 5) is 24.2. The van der Waals surface area contributed by atoms with Gasteiger partial charge in [0.05, 0.1) is 25.2 Å². The van der Waals surface area contributed by atoms with Crippen molar-refractivity contribution in [1.82, 2.24) is 0 Å². The van der Waals surface area contributed by atoms with Gasteiger partial charge in [0.25, 0.3) is 5.69 Å². The fraction of sp³-hybridized carbons (Fsp3) is 0.471. The van der Waals surface area contributed by atoms with Crippen molar-refractivity contribution in [3.05, 3.63) is 40.0 Å². The molecule has 1 aromatic rings. The van der Waals surface area contributed by atoms with Crippen molar-refractivity contribution < 1.29 is 23.9 Å². The Bertz CT molecular complexity index is 686. The molecule has 0 unspecified atom stereocenters. The third kappa shape index (κ3) is 3.80. The Hall–Kier alpha value is -2.45. The summed E-state index contributed by atoms with van der Waals surface area (Å²) in [5.41, 5.74) is 1.14. The van der Waals surface area contributed by atoms with E-state index in [-0.39, 0.29) is 5.69 Å². The molecule has 134 valence electrons. The number of anilines is 1. The molecule has 0 aromatic heterocycles. The van der Waals surface area contributed by atoms with Gasteiger partial charge in [-0.3, -0.25) is 10.1 Å². The third-order valence-corrected chi connectivity index (χ3v) is 4.49. The summed E-state index contributed by atoms with van der Waals surface area (Å²) >= 11 is 0. The second kappa shape index (κ2) is 7.20. The molecule has 8 nitrogen and oxygen atoms in total. The molecule has 0 aliphatic carbocycles. The molecule has 8 heteroatoms. The van der Waals surface area contributed by atoms with E-state index >= 15 is 0 Å². The summed E-state index contributed by atoms with van der Waals surface area (Å²) in [6, 6.07) is 4.92. The predicted octanol–water partition coefficient (Wildman–Crippen LogP) is 2.12. The van der Waals surface area contributed by atoms with Crippen LogP contribution in [0.15, 0.2) is 24.3 Å². The topological polar surface area (TPSA) is 91.1 Å². The van der Waals surface area contributed by atoms with Gasteiger partial charge in [-0.25, -0.2) is 4.79 Å². The summed E-state index contributed by atoms with van der Waals surface area (Å²) in [5, 5.41) is 11.5. The van der Waals surface area contributed by atoms with Crippen LogP contribution in [0.1, 0.15) is 18.4 Å². The van der Waals surface area contributed by atoms with E-state index in [0.29, 0.717) is 50.4 Å². The van der Waals surface area contributed by atoms with Gasteiger partial charge >= 0.3 is 5.97 Å². The number of hydrogen-bond acceptors (Lipinski definition) is 7. The molecule has 1 aromatic carbocycles. The first kappa shape index (κ1) is 17.4. The van der Waals surface area contributed by atoms with Crippen molar-refractivity contribution in [3.63, 3.8) is 0 Å². The van der Waals surface area contributed by atoms with Gasteiger partial charge in [-0.15, -0.1) is 0 Å². The van der Waals surface area contributed by atoms with Gasteiger partial charge in [0, 0.05) is 38.1 Å². The Morgan fingerprint density at radius 1 is 1.32 bits per heavy atom. The minimum atomic E-state index is -0.519. The van der Waals surface area contributed by atoms with E-state index in [1.807, 2.05) is 4.90 Å². The Kier molecular flexibility index (Phi) is 5.00. The summed E-state index contributed by atoms with van der Waals surface area (Å²) in [6.07, 6.45) is 4.08. The molecule has 2 aliphatic heterocycles. The van der Waals surface area contributed by atoms with Gasteiger partial charge in [-0.2, -0.15) is 0 Å². The smallest absolute Gasteiger partial charge is 0.330 e. The fourth-order valence-corrected chi connectivity index (χ4v) is 3.16. The van der Waals surface area contributed by atoms with Gasteiger partial charge in [-0.1, -0.05) is 6.07 Å². The van der Waals surface area contributed by atoms with Crippen LogP contribution in [0.2, 0.25) is 0 Å². The second-order valence-electron chi connectivity index (χ2n) is 5.96. The van der Waals surface area contributed by atoms with E-state index < -0.39 is 16.7 Å². The molecule has 0 atom stereocenters. The van der Waals surface area contributed by atoms with Gasteiger partial charge in [-0.05, 0) is 17.7 Å². The molecule has 0 N–H and O–H groups in total. The monoisotopic (exact) mass is 348 g/mol. The largest absolute Gasteiger partial charge is 0.466 e. The van der Waals surface area contributed by atoms with E-state index in [1.165, 1.54) is 25.3 Å². The standard InChI is InChI=1S/C17H20N2O6/c1-23-16(20)5-3-13-2-4-14(15(12-13)19(21)22)18-8-6-17(7-9-18)24-10-11-25-17/h2-5,12H,6-11H2,1H3/b5-3+. The molecule has 0 bridgehead atoms. The van der Waals surface area contributed by atoms with Crippen molar-refractivity contribution in [2.45, 2.75) is 18.6 Å². The normalized spacial score (nSPS) is 19.5. The second-order valence-corrected chi connectivity index (χ2v) is 5.96. The maximum absolute atomic E-state index is 11.5. The van der Waals surface area contributed by atoms with E-state index in [1.54, 1.807) is 12.1 Å². The van der Waals surface area contributed by atoms with E-state index in [4.69, 9.17) is 9.47 Å². The molecular formula is C17H20N2O6. The lowest BCUT2D eigenvalue weighted by Gasteiger charge is -2.38. The summed E-state index contributed by atoms with van der Waals surface area (Å²) in [7, 11) is 1.28. The number of methoxy groups -OCH3 is 1. The zero-order valence-corrected chi connectivity index (χ0v) is 14.0. The Balaban J connectivity index is 1.78. The van der Waals surface area contributed by atoms with Crippen LogP contribution in [0, 0.1) is 10.1 Å². The number of benzene rings is 1. The van der Waals surface area contributed by atoms with Crippen LogP contribution in [0.5, 0.6) is 0 Å². The number of piperidine rings is 1. The van der Waals surface area contributed by atoms with E-state index in [2.05, 4.69) is 4.74 Å². The van der Waals surface area contributed by atoms with E-state index in [0.717, 1.165) is 0 Å². The highest BCUT2D eigenvalue weighted by Crippen LogP contribution is 2.36. The van der Waals surface area contributed by atoms with Crippen LogP contribution < -0.4 is 4.90 Å². The lowest BCUT2D eigenvalue weighted by molar-refractivity contribution is -0.384. The van der Waals surface area contributed by atoms with Crippen molar-refractivity contribution in [2.24, 2.45) is 0 Å². The number of carbonyl (C=O) groups excluding carboxylic acids is 1. The number of nitrogens with zero attached hydrogens (tertiary/aromatic N) is 2. The van der Waals surface area contributed by atoms with Crippen molar-refractivity contribution in [2.75, 3.05) is 38.3 Å². The number of ether oxygens (including phenoxy) is 3. The van der Waals surface area contributed by atoms with Crippen LogP contribution in [0.25, 0.3) is 6.08 Å². The lowest BCUT2D eigenvalue weighted by atomic mass is 10.0. The molecular weight excluding hydrogens is 328 g/mol. The SMILES string of the molecule is COC(=O)/C=C/c1ccc(N2CCC3(CC2)OCCO3)c([N+](=O)[O-])c1. The van der Waals surface area contributed by atoms with Crippen LogP contribution in [0.3, 0.4) is 0 Å². The van der Waals surface area contributed by atoms with Crippen molar-refractivity contribution in [1.29, 1.82) is 0 Å². The minimum Gasteiger partial charge on any atom is -0.466 e. The van der Waals surface area contributed by atoms with Gasteiger partial charge < -0.3 is 19.1 Å². The molecule has 25 heavy (non-hydrogen) atoms. The first-order valence-electron chi connectivity index (χ1n) is 8.10. The van der Waals surface area contributed by atoms with Crippen molar-refractivity contribution in [3.8, 4) is 0 Å². The number of carbonyl (C=O) groups is 1. The minimum absolute atomic E-state index is 0.0104. The highest BCUT2D eigenvalue weighted by atomic mass is 16.7. The van der Waals surface area contributed by atoms with E-state index in [9.17, 15) is 14.9 Å². The van der Waals surface area contributed by atoms with Crippen LogP contribution in [0.4, 0.5) is 11.4 Å². The van der Waals surface area contributed by atoms with Crippen LogP contribution in [-0.4, -0.2) is 50.1 Å². The lowest BCUT2D eigenvalue weighted by Crippen LogP contribution is -2.45. The molecule has 0 saturated carbocycles. The molecule has 0 amide bonds. The maximum atomic E-state index is 11.5. The van der Waals surface area contributed by atoms with Gasteiger partial charge in [0.15, 0.2) is 5.79 Å². The number of hydrogen-bond donors (Lipinski definition) is 0. The highest BCUT2D eigenvalue weighted by Gasteiger charge is 2.40. The van der Waals surface area contributed by atoms with Crippen molar-refractivity contribution >= 4 is 23.4 Å². The quantitative estimate of drug-likeness (QED) is 0.356. The zero-order valence-electron chi connectivity index (χ0n) is 14.0. The molecule has 2 aliphatic rings. The average molecular weight is 348 g/mol. The maximum Gasteiger partial charge on any atom is 0.330 e. The molecule has 2 heterocycles. The summed E-state index contributed by atoms with van der Waals surface area (Å²) in [6.45, 7) is 2.44. The van der Waals surface area contributed by atoms with Crippen LogP contribution >= 0.6 is 0 Å². The first-order chi connectivity index (χ1) is 12.0. The molecule has 3 rings (SSSR count). The Morgan fingerprint density at radius 2 is 2.00 bits per heavy atom. The predicted molar refractivity (Wildman–Crippen MR) is 90.2 cm³/mol. The Morgan fingerprint density at radius 3 is 2.60 bits per heavy atom. The van der Waals surface area contributed by atoms with Gasteiger partial charge in [0.2, 0.25) is 0 Å².